The lowest BCUT2D eigenvalue weighted by Gasteiger charge is -2.30. The van der Waals surface area contributed by atoms with Gasteiger partial charge in [-0.05, 0) is 33.0 Å². The number of hydrogen-bond donors (Lipinski definition) is 1. The fourth-order valence-corrected chi connectivity index (χ4v) is 4.39. The van der Waals surface area contributed by atoms with Crippen LogP contribution in [0.25, 0.3) is 10.9 Å². The lowest BCUT2D eigenvalue weighted by molar-refractivity contribution is 0.0655. The zero-order chi connectivity index (χ0) is 19.7. The minimum absolute atomic E-state index is 0.0185. The van der Waals surface area contributed by atoms with Crippen LogP contribution < -0.4 is 5.32 Å². The smallest absolute Gasteiger partial charge is 0.273 e. The second-order valence-electron chi connectivity index (χ2n) is 8.12. The van der Waals surface area contributed by atoms with Crippen molar-refractivity contribution in [3.8, 4) is 0 Å². The summed E-state index contributed by atoms with van der Waals surface area (Å²) in [7, 11) is 3.96. The fourth-order valence-electron chi connectivity index (χ4n) is 4.39. The van der Waals surface area contributed by atoms with E-state index in [1.54, 1.807) is 0 Å². The predicted octanol–water partition coefficient (Wildman–Crippen LogP) is 2.81. The first-order valence-corrected chi connectivity index (χ1v) is 10.2. The standard InChI is InChI=1S/C22H28N4O2/c1-25(2)13-12-23-21(27)19-16-10-6-7-11-18(16)24-20-17(19)14-26(22(20)28)15-8-4-3-5-9-15/h6-7,10-11,15H,3-5,8-9,12-14H2,1-2H3,(H,23,27). The molecule has 1 aromatic heterocycles. The molecule has 0 unspecified atom stereocenters. The number of rotatable bonds is 5. The van der Waals surface area contributed by atoms with E-state index >= 15 is 0 Å². The van der Waals surface area contributed by atoms with E-state index in [4.69, 9.17) is 0 Å². The van der Waals surface area contributed by atoms with Crippen LogP contribution >= 0.6 is 0 Å². The van der Waals surface area contributed by atoms with Gasteiger partial charge in [0.15, 0.2) is 0 Å². The molecule has 148 valence electrons. The van der Waals surface area contributed by atoms with Gasteiger partial charge in [0.1, 0.15) is 5.69 Å². The van der Waals surface area contributed by atoms with Crippen molar-refractivity contribution in [2.24, 2.45) is 0 Å². The third-order valence-electron chi connectivity index (χ3n) is 5.87. The molecule has 0 spiro atoms. The Labute approximate surface area is 165 Å². The van der Waals surface area contributed by atoms with Gasteiger partial charge < -0.3 is 15.1 Å². The summed E-state index contributed by atoms with van der Waals surface area (Å²) in [5, 5.41) is 3.84. The highest BCUT2D eigenvalue weighted by molar-refractivity contribution is 6.11. The van der Waals surface area contributed by atoms with Crippen molar-refractivity contribution in [3.63, 3.8) is 0 Å². The first-order valence-electron chi connectivity index (χ1n) is 10.2. The molecule has 1 N–H and O–H groups in total. The summed E-state index contributed by atoms with van der Waals surface area (Å²) in [5.74, 6) is -0.134. The molecule has 6 nitrogen and oxygen atoms in total. The maximum absolute atomic E-state index is 13.1. The average Bonchev–Trinajstić information content (AvgIpc) is 3.02. The van der Waals surface area contributed by atoms with Gasteiger partial charge in [0.05, 0.1) is 11.1 Å². The Morgan fingerprint density at radius 2 is 1.96 bits per heavy atom. The third-order valence-corrected chi connectivity index (χ3v) is 5.87. The topological polar surface area (TPSA) is 65.5 Å². The molecule has 2 aromatic rings. The number of aromatic nitrogens is 1. The molecule has 4 rings (SSSR count). The zero-order valence-electron chi connectivity index (χ0n) is 16.7. The van der Waals surface area contributed by atoms with E-state index in [2.05, 4.69) is 10.3 Å². The first-order chi connectivity index (χ1) is 13.6. The molecule has 1 aromatic carbocycles. The summed E-state index contributed by atoms with van der Waals surface area (Å²) in [4.78, 5) is 34.9. The number of benzene rings is 1. The molecule has 28 heavy (non-hydrogen) atoms. The lowest BCUT2D eigenvalue weighted by atomic mass is 9.94. The quantitative estimate of drug-likeness (QED) is 0.866. The summed E-state index contributed by atoms with van der Waals surface area (Å²) in [6.07, 6.45) is 5.66. The Hall–Kier alpha value is -2.47. The van der Waals surface area contributed by atoms with Crippen molar-refractivity contribution < 1.29 is 9.59 Å². The van der Waals surface area contributed by atoms with Crippen LogP contribution in [0.15, 0.2) is 24.3 Å². The maximum Gasteiger partial charge on any atom is 0.273 e. The first kappa shape index (κ1) is 18.9. The predicted molar refractivity (Wildman–Crippen MR) is 109 cm³/mol. The summed E-state index contributed by atoms with van der Waals surface area (Å²) in [5.41, 5.74) is 2.57. The number of likely N-dealkylation sites (N-methyl/N-ethyl adjacent to an activating group) is 1. The van der Waals surface area contributed by atoms with Crippen LogP contribution in [0.3, 0.4) is 0 Å². The Morgan fingerprint density at radius 3 is 2.71 bits per heavy atom. The molecule has 1 fully saturated rings. The Balaban J connectivity index is 1.71. The molecule has 0 radical (unpaired) electrons. The van der Waals surface area contributed by atoms with Crippen molar-refractivity contribution in [2.45, 2.75) is 44.7 Å². The summed E-state index contributed by atoms with van der Waals surface area (Å²) in [6.45, 7) is 1.83. The third kappa shape index (κ3) is 3.49. The van der Waals surface area contributed by atoms with E-state index in [0.29, 0.717) is 29.9 Å². The van der Waals surface area contributed by atoms with Gasteiger partial charge in [-0.1, -0.05) is 37.5 Å². The number of fused-ring (bicyclic) bond motifs is 2. The van der Waals surface area contributed by atoms with Crippen LogP contribution in [-0.2, 0) is 6.54 Å². The highest BCUT2D eigenvalue weighted by atomic mass is 16.2. The number of carbonyl (C=O) groups excluding carboxylic acids is 2. The molecule has 0 atom stereocenters. The molecular formula is C22H28N4O2. The second-order valence-corrected chi connectivity index (χ2v) is 8.12. The van der Waals surface area contributed by atoms with Crippen LogP contribution in [0.4, 0.5) is 0 Å². The number of hydrogen-bond acceptors (Lipinski definition) is 4. The van der Waals surface area contributed by atoms with Crippen LogP contribution in [0.2, 0.25) is 0 Å². The highest BCUT2D eigenvalue weighted by Gasteiger charge is 2.37. The molecule has 0 saturated heterocycles. The van der Waals surface area contributed by atoms with Crippen molar-refractivity contribution >= 4 is 22.7 Å². The van der Waals surface area contributed by atoms with Gasteiger partial charge in [-0.15, -0.1) is 0 Å². The lowest BCUT2D eigenvalue weighted by Crippen LogP contribution is -2.37. The maximum atomic E-state index is 13.1. The van der Waals surface area contributed by atoms with Crippen LogP contribution in [0.1, 0.15) is 58.5 Å². The van der Waals surface area contributed by atoms with Gasteiger partial charge in [0, 0.05) is 36.6 Å². The summed E-state index contributed by atoms with van der Waals surface area (Å²) < 4.78 is 0. The van der Waals surface area contributed by atoms with Gasteiger partial charge in [-0.25, -0.2) is 4.98 Å². The van der Waals surface area contributed by atoms with Gasteiger partial charge >= 0.3 is 0 Å². The molecule has 0 bridgehead atoms. The van der Waals surface area contributed by atoms with Crippen LogP contribution in [0.5, 0.6) is 0 Å². The van der Waals surface area contributed by atoms with E-state index in [9.17, 15) is 9.59 Å². The number of nitrogens with one attached hydrogen (secondary N) is 1. The summed E-state index contributed by atoms with van der Waals surface area (Å²) >= 11 is 0. The number of amides is 2. The van der Waals surface area contributed by atoms with Crippen molar-refractivity contribution in [1.29, 1.82) is 0 Å². The SMILES string of the molecule is CN(C)CCNC(=O)c1c2c(nc3ccccc13)C(=O)N(C1CCCCC1)C2. The van der Waals surface area contributed by atoms with E-state index in [0.717, 1.165) is 43.2 Å². The van der Waals surface area contributed by atoms with Crippen molar-refractivity contribution in [3.05, 3.63) is 41.1 Å². The van der Waals surface area contributed by atoms with E-state index in [1.165, 1.54) is 6.42 Å². The number of pyridine rings is 1. The minimum Gasteiger partial charge on any atom is -0.351 e. The average molecular weight is 380 g/mol. The largest absolute Gasteiger partial charge is 0.351 e. The number of carbonyl (C=O) groups is 2. The Bertz CT molecular complexity index is 903. The zero-order valence-corrected chi connectivity index (χ0v) is 16.7. The monoisotopic (exact) mass is 380 g/mol. The highest BCUT2D eigenvalue weighted by Crippen LogP contribution is 2.34. The molecule has 1 aliphatic heterocycles. The Morgan fingerprint density at radius 1 is 1.21 bits per heavy atom. The second kappa shape index (κ2) is 7.87. The van der Waals surface area contributed by atoms with Crippen LogP contribution in [0, 0.1) is 0 Å². The summed E-state index contributed by atoms with van der Waals surface area (Å²) in [6, 6.07) is 7.89. The van der Waals surface area contributed by atoms with E-state index < -0.39 is 0 Å². The number of nitrogens with zero attached hydrogens (tertiary/aromatic N) is 3. The molecule has 2 amide bonds. The molecular weight excluding hydrogens is 352 g/mol. The molecule has 1 saturated carbocycles. The van der Waals surface area contributed by atoms with Gasteiger partial charge in [-0.3, -0.25) is 9.59 Å². The van der Waals surface area contributed by atoms with Crippen LogP contribution in [-0.4, -0.2) is 59.8 Å². The normalized spacial score (nSPS) is 17.4. The van der Waals surface area contributed by atoms with Gasteiger partial charge in [-0.2, -0.15) is 0 Å². The number of para-hydroxylation sites is 1. The van der Waals surface area contributed by atoms with Gasteiger partial charge in [0.2, 0.25) is 0 Å². The molecule has 2 aliphatic rings. The fraction of sp³-hybridized carbons (Fsp3) is 0.500. The van der Waals surface area contributed by atoms with E-state index in [1.807, 2.05) is 48.2 Å². The van der Waals surface area contributed by atoms with Crippen molar-refractivity contribution in [1.82, 2.24) is 20.1 Å². The minimum atomic E-state index is -0.116. The van der Waals surface area contributed by atoms with Crippen molar-refractivity contribution in [2.75, 3.05) is 27.2 Å². The molecule has 2 heterocycles. The van der Waals surface area contributed by atoms with E-state index in [-0.39, 0.29) is 17.9 Å². The molecule has 6 heteroatoms. The van der Waals surface area contributed by atoms with Gasteiger partial charge in [0.25, 0.3) is 11.8 Å². The molecule has 1 aliphatic carbocycles. The Kier molecular flexibility index (Phi) is 5.31.